The lowest BCUT2D eigenvalue weighted by molar-refractivity contribution is -0.0178. The van der Waals surface area contributed by atoms with Crippen LogP contribution in [-0.4, -0.2) is 4.89 Å². The van der Waals surface area contributed by atoms with Crippen LogP contribution in [-0.2, 0) is 4.73 Å². The maximum absolute atomic E-state index is 11.9. The number of halogens is 1. The van der Waals surface area contributed by atoms with Gasteiger partial charge in [-0.15, -0.1) is 0 Å². The summed E-state index contributed by atoms with van der Waals surface area (Å²) >= 11 is 0. The van der Waals surface area contributed by atoms with Crippen molar-refractivity contribution in [3.05, 3.63) is 29.3 Å². The van der Waals surface area contributed by atoms with E-state index in [-0.39, 0.29) is 0 Å². The minimum absolute atomic E-state index is 0.441. The van der Waals surface area contributed by atoms with Crippen LogP contribution in [0.5, 0.6) is 5.75 Å². The van der Waals surface area contributed by atoms with Crippen LogP contribution in [0.1, 0.15) is 49.1 Å². The molecule has 1 saturated carbocycles. The minimum atomic E-state index is -2.47. The van der Waals surface area contributed by atoms with Crippen molar-refractivity contribution in [3.63, 3.8) is 0 Å². The second kappa shape index (κ2) is 6.46. The number of hydrogen-bond acceptors (Lipinski definition) is 3. The molecule has 0 saturated heterocycles. The van der Waals surface area contributed by atoms with Crippen molar-refractivity contribution in [3.8, 4) is 5.75 Å². The van der Waals surface area contributed by atoms with Gasteiger partial charge in [-0.05, 0) is 41.8 Å². The monoisotopic (exact) mass is 272 g/mol. The summed E-state index contributed by atoms with van der Waals surface area (Å²) in [6.45, 7) is 2.02. The van der Waals surface area contributed by atoms with E-state index in [4.69, 9.17) is 9.42 Å². The standard InChI is InChI=1S/C13H18FO3P/c1-10-7-8-13(16-18(15)17-14)12(9-10)11-5-3-2-4-6-11/h7-9,11,15H,2-6H2,1H3. The van der Waals surface area contributed by atoms with Crippen LogP contribution in [0, 0.1) is 6.92 Å². The molecule has 0 radical (unpaired) electrons. The van der Waals surface area contributed by atoms with Gasteiger partial charge in [0.1, 0.15) is 5.75 Å². The van der Waals surface area contributed by atoms with E-state index in [2.05, 4.69) is 10.8 Å². The first-order valence-corrected chi connectivity index (χ1v) is 7.40. The molecule has 100 valence electrons. The SMILES string of the molecule is Cc1ccc(OP(O)OF)c(C2CCCCC2)c1. The summed E-state index contributed by atoms with van der Waals surface area (Å²) < 4.78 is 20.3. The zero-order valence-electron chi connectivity index (χ0n) is 10.4. The van der Waals surface area contributed by atoms with Crippen molar-refractivity contribution in [2.75, 3.05) is 0 Å². The summed E-state index contributed by atoms with van der Waals surface area (Å²) in [5.41, 5.74) is 2.21. The molecule has 1 aliphatic rings. The number of hydrogen-bond donors (Lipinski definition) is 1. The first kappa shape index (κ1) is 13.7. The predicted molar refractivity (Wildman–Crippen MR) is 69.0 cm³/mol. The Morgan fingerprint density at radius 2 is 2.00 bits per heavy atom. The van der Waals surface area contributed by atoms with E-state index in [0.29, 0.717) is 11.7 Å². The Hall–Kier alpha value is -0.700. The minimum Gasteiger partial charge on any atom is -0.425 e. The molecule has 1 unspecified atom stereocenters. The van der Waals surface area contributed by atoms with E-state index >= 15 is 0 Å². The zero-order chi connectivity index (χ0) is 13.0. The molecule has 1 atom stereocenters. The summed E-state index contributed by atoms with van der Waals surface area (Å²) in [4.78, 5) is 9.15. The van der Waals surface area contributed by atoms with Gasteiger partial charge in [0.05, 0.1) is 0 Å². The molecule has 0 heterocycles. The van der Waals surface area contributed by atoms with Gasteiger partial charge in [-0.25, -0.2) is 0 Å². The normalized spacial score (nSPS) is 18.6. The molecule has 1 fully saturated rings. The quantitative estimate of drug-likeness (QED) is 0.818. The van der Waals surface area contributed by atoms with Gasteiger partial charge < -0.3 is 9.42 Å². The van der Waals surface area contributed by atoms with Gasteiger partial charge in [0, 0.05) is 0 Å². The van der Waals surface area contributed by atoms with Crippen LogP contribution in [0.4, 0.5) is 4.53 Å². The Labute approximate surface area is 108 Å². The summed E-state index contributed by atoms with van der Waals surface area (Å²) in [5.74, 6) is 0.982. The van der Waals surface area contributed by atoms with Gasteiger partial charge in [-0.2, -0.15) is 0 Å². The zero-order valence-corrected chi connectivity index (χ0v) is 11.3. The molecular formula is C13H18FO3P. The predicted octanol–water partition coefficient (Wildman–Crippen LogP) is 4.54. The van der Waals surface area contributed by atoms with Gasteiger partial charge >= 0.3 is 8.60 Å². The van der Waals surface area contributed by atoms with E-state index in [1.165, 1.54) is 19.3 Å². The fourth-order valence-corrected chi connectivity index (χ4v) is 2.94. The first-order chi connectivity index (χ1) is 8.70. The van der Waals surface area contributed by atoms with Gasteiger partial charge in [0.15, 0.2) is 0 Å². The Bertz CT molecular complexity index is 394. The molecule has 0 bridgehead atoms. The highest BCUT2D eigenvalue weighted by molar-refractivity contribution is 7.40. The van der Waals surface area contributed by atoms with Gasteiger partial charge in [-0.3, -0.25) is 0 Å². The number of rotatable bonds is 4. The topological polar surface area (TPSA) is 38.7 Å². The van der Waals surface area contributed by atoms with E-state index in [0.717, 1.165) is 24.0 Å². The molecule has 2 rings (SSSR count). The number of benzene rings is 1. The van der Waals surface area contributed by atoms with Crippen LogP contribution < -0.4 is 4.52 Å². The van der Waals surface area contributed by atoms with E-state index in [1.54, 1.807) is 6.07 Å². The molecule has 3 nitrogen and oxygen atoms in total. The Kier molecular flexibility index (Phi) is 4.93. The van der Waals surface area contributed by atoms with Gasteiger partial charge in [0.25, 0.3) is 0 Å². The molecule has 1 aromatic carbocycles. The largest absolute Gasteiger partial charge is 0.428 e. The Morgan fingerprint density at radius 1 is 1.28 bits per heavy atom. The molecule has 0 spiro atoms. The van der Waals surface area contributed by atoms with Crippen LogP contribution in [0.2, 0.25) is 0 Å². The summed E-state index contributed by atoms with van der Waals surface area (Å²) in [6.07, 6.45) is 5.95. The highest BCUT2D eigenvalue weighted by atomic mass is 31.2. The summed E-state index contributed by atoms with van der Waals surface area (Å²) in [7, 11) is -2.47. The smallest absolute Gasteiger partial charge is 0.425 e. The highest BCUT2D eigenvalue weighted by Crippen LogP contribution is 2.43. The van der Waals surface area contributed by atoms with Crippen molar-refractivity contribution in [1.82, 2.24) is 0 Å². The van der Waals surface area contributed by atoms with Crippen molar-refractivity contribution >= 4 is 8.60 Å². The average molecular weight is 272 g/mol. The van der Waals surface area contributed by atoms with E-state index in [1.807, 2.05) is 13.0 Å². The molecule has 18 heavy (non-hydrogen) atoms. The lowest BCUT2D eigenvalue weighted by Gasteiger charge is -2.24. The number of aryl methyl sites for hydroxylation is 1. The van der Waals surface area contributed by atoms with Crippen LogP contribution in [0.15, 0.2) is 18.2 Å². The lowest BCUT2D eigenvalue weighted by Crippen LogP contribution is -2.06. The highest BCUT2D eigenvalue weighted by Gasteiger charge is 2.21. The molecule has 0 amide bonds. The maximum Gasteiger partial charge on any atom is 0.428 e. The van der Waals surface area contributed by atoms with Crippen LogP contribution in [0.25, 0.3) is 0 Å². The fourth-order valence-electron chi connectivity index (χ4n) is 2.58. The molecule has 5 heteroatoms. The molecule has 0 aromatic heterocycles. The Morgan fingerprint density at radius 3 is 2.67 bits per heavy atom. The molecular weight excluding hydrogens is 254 g/mol. The summed E-state index contributed by atoms with van der Waals surface area (Å²) in [5, 5.41) is 0. The van der Waals surface area contributed by atoms with E-state index in [9.17, 15) is 4.53 Å². The molecule has 1 aromatic rings. The molecule has 1 N–H and O–H groups in total. The molecule has 1 aliphatic carbocycles. The first-order valence-electron chi connectivity index (χ1n) is 6.27. The van der Waals surface area contributed by atoms with Crippen molar-refractivity contribution in [1.29, 1.82) is 0 Å². The van der Waals surface area contributed by atoms with Gasteiger partial charge in [-0.1, -0.05) is 41.7 Å². The van der Waals surface area contributed by atoms with Crippen molar-refractivity contribution < 1.29 is 18.7 Å². The third-order valence-corrected chi connectivity index (χ3v) is 3.92. The van der Waals surface area contributed by atoms with Crippen LogP contribution >= 0.6 is 8.60 Å². The summed E-state index contributed by atoms with van der Waals surface area (Å²) in [6, 6.07) is 5.74. The second-order valence-electron chi connectivity index (χ2n) is 4.77. The molecule has 0 aliphatic heterocycles. The van der Waals surface area contributed by atoms with Crippen molar-refractivity contribution in [2.45, 2.75) is 44.9 Å². The average Bonchev–Trinajstić information content (AvgIpc) is 2.41. The van der Waals surface area contributed by atoms with E-state index < -0.39 is 8.60 Å². The van der Waals surface area contributed by atoms with Gasteiger partial charge in [0.2, 0.25) is 0 Å². The third-order valence-electron chi connectivity index (χ3n) is 3.45. The van der Waals surface area contributed by atoms with Crippen LogP contribution in [0.3, 0.4) is 0 Å². The second-order valence-corrected chi connectivity index (χ2v) is 5.57. The maximum atomic E-state index is 11.9. The Balaban J connectivity index is 2.22. The van der Waals surface area contributed by atoms with Crippen molar-refractivity contribution in [2.24, 2.45) is 0 Å². The lowest BCUT2D eigenvalue weighted by atomic mass is 9.83. The third kappa shape index (κ3) is 3.41. The fraction of sp³-hybridized carbons (Fsp3) is 0.538.